The van der Waals surface area contributed by atoms with E-state index in [1.165, 1.54) is 0 Å². The van der Waals surface area contributed by atoms with Gasteiger partial charge in [-0.15, -0.1) is 0 Å². The van der Waals surface area contributed by atoms with E-state index in [-0.39, 0.29) is 25.4 Å². The predicted octanol–water partition coefficient (Wildman–Crippen LogP) is 2.57. The average Bonchev–Trinajstić information content (AvgIpc) is 3.53. The van der Waals surface area contributed by atoms with Crippen LogP contribution in [0.25, 0.3) is 0 Å². The molecule has 8 heteroatoms. The number of carbonyl (C=O) groups excluding carboxylic acids is 1. The Morgan fingerprint density at radius 3 is 2.63 bits per heavy atom. The Hall–Kier alpha value is -2.49. The van der Waals surface area contributed by atoms with Crippen LogP contribution < -0.4 is 9.96 Å². The average molecular weight is 414 g/mol. The molecule has 0 radical (unpaired) electrons. The van der Waals surface area contributed by atoms with Crippen LogP contribution in [0, 0.1) is 5.21 Å². The van der Waals surface area contributed by atoms with Crippen LogP contribution in [0.3, 0.4) is 0 Å². The van der Waals surface area contributed by atoms with Crippen molar-refractivity contribution in [2.45, 2.75) is 25.2 Å². The van der Waals surface area contributed by atoms with Crippen LogP contribution in [-0.4, -0.2) is 56.3 Å². The lowest BCUT2D eigenvalue weighted by Crippen LogP contribution is -2.51. The maximum atomic E-state index is 13.2. The lowest BCUT2D eigenvalue weighted by molar-refractivity contribution is 0.0615. The predicted molar refractivity (Wildman–Crippen MR) is 112 cm³/mol. The summed E-state index contributed by atoms with van der Waals surface area (Å²) in [4.78, 5) is 12.3. The summed E-state index contributed by atoms with van der Waals surface area (Å²) in [5, 5.41) is 25.2. The fourth-order valence-electron chi connectivity index (χ4n) is 3.63. The van der Waals surface area contributed by atoms with Gasteiger partial charge in [0.05, 0.1) is 25.9 Å². The smallest absolute Gasteiger partial charge is 0.411 e. The highest BCUT2D eigenvalue weighted by molar-refractivity contribution is 5.86. The zero-order valence-corrected chi connectivity index (χ0v) is 16.7. The van der Waals surface area contributed by atoms with Crippen molar-refractivity contribution in [2.24, 2.45) is 0 Å². The van der Waals surface area contributed by atoms with Crippen LogP contribution >= 0.6 is 0 Å². The van der Waals surface area contributed by atoms with Crippen molar-refractivity contribution in [1.29, 1.82) is 0 Å². The number of anilines is 1. The molecule has 0 unspecified atom stereocenters. The molecule has 2 saturated heterocycles. The molecule has 1 amide bonds. The van der Waals surface area contributed by atoms with E-state index >= 15 is 0 Å². The third kappa shape index (κ3) is 4.97. The van der Waals surface area contributed by atoms with Gasteiger partial charge in [-0.25, -0.2) is 4.79 Å². The molecule has 8 nitrogen and oxygen atoms in total. The van der Waals surface area contributed by atoms with Crippen LogP contribution in [0.15, 0.2) is 48.5 Å². The van der Waals surface area contributed by atoms with Gasteiger partial charge in [0.2, 0.25) is 0 Å². The fraction of sp³-hybridized carbons (Fsp3) is 0.409. The second kappa shape index (κ2) is 9.11. The standard InChI is InChI=1S/C22H26N2O6/c25-14-21-20(30-21)13-17-12-18(24(27)8-10-28-11-9-24)6-7-19(17)23-22(26)29-15-16-4-2-1-3-5-16/h1-7,12,20-21,25H,8-11,13-15H2,(H,23,26)/t20-,21+/m1/s1. The number of rotatable bonds is 7. The normalized spacial score (nSPS) is 22.3. The Morgan fingerprint density at radius 1 is 1.17 bits per heavy atom. The Bertz CT molecular complexity index is 869. The second-order valence-electron chi connectivity index (χ2n) is 7.58. The summed E-state index contributed by atoms with van der Waals surface area (Å²) in [6.07, 6.45) is -0.411. The fourth-order valence-corrected chi connectivity index (χ4v) is 3.63. The van der Waals surface area contributed by atoms with Crippen molar-refractivity contribution in [3.05, 3.63) is 64.9 Å². The SMILES string of the molecule is O=C(Nc1ccc([N+]2([O-])CCOCC2)cc1C[C@H]1O[C@H]1CO)OCc1ccccc1. The van der Waals surface area contributed by atoms with Gasteiger partial charge in [-0.3, -0.25) is 5.32 Å². The number of ether oxygens (including phenoxy) is 3. The third-order valence-electron chi connectivity index (χ3n) is 5.49. The van der Waals surface area contributed by atoms with Crippen LogP contribution in [0.1, 0.15) is 11.1 Å². The summed E-state index contributed by atoms with van der Waals surface area (Å²) in [7, 11) is 0. The number of benzene rings is 2. The Labute approximate surface area is 175 Å². The summed E-state index contributed by atoms with van der Waals surface area (Å²) in [5.74, 6) is 0. The van der Waals surface area contributed by atoms with Crippen molar-refractivity contribution in [3.8, 4) is 0 Å². The van der Waals surface area contributed by atoms with Gasteiger partial charge in [0.1, 0.15) is 31.5 Å². The molecule has 2 aromatic rings. The van der Waals surface area contributed by atoms with Gasteiger partial charge in [0.15, 0.2) is 0 Å². The molecule has 0 bridgehead atoms. The van der Waals surface area contributed by atoms with Crippen molar-refractivity contribution in [1.82, 2.24) is 4.65 Å². The van der Waals surface area contributed by atoms with Crippen molar-refractivity contribution in [2.75, 3.05) is 38.2 Å². The molecular weight excluding hydrogens is 388 g/mol. The number of hydrogen-bond donors (Lipinski definition) is 2. The van der Waals surface area contributed by atoms with Gasteiger partial charge in [0.25, 0.3) is 0 Å². The van der Waals surface area contributed by atoms with Gasteiger partial charge < -0.3 is 29.2 Å². The molecule has 2 fully saturated rings. The van der Waals surface area contributed by atoms with Crippen molar-refractivity contribution < 1.29 is 24.1 Å². The first-order valence-electron chi connectivity index (χ1n) is 10.1. The highest BCUT2D eigenvalue weighted by atomic mass is 16.6. The number of nitrogens with one attached hydrogen (secondary N) is 1. The number of epoxide rings is 1. The largest absolute Gasteiger partial charge is 0.627 e. The first-order valence-corrected chi connectivity index (χ1v) is 10.1. The Morgan fingerprint density at radius 2 is 1.93 bits per heavy atom. The molecule has 2 aliphatic heterocycles. The highest BCUT2D eigenvalue weighted by Gasteiger charge is 2.39. The molecule has 2 aromatic carbocycles. The van der Waals surface area contributed by atoms with Gasteiger partial charge in [0, 0.05) is 24.2 Å². The van der Waals surface area contributed by atoms with Gasteiger partial charge >= 0.3 is 6.09 Å². The molecule has 2 aliphatic rings. The lowest BCUT2D eigenvalue weighted by Gasteiger charge is -2.44. The van der Waals surface area contributed by atoms with Crippen LogP contribution in [-0.2, 0) is 27.2 Å². The van der Waals surface area contributed by atoms with E-state index in [1.54, 1.807) is 12.1 Å². The molecule has 0 aliphatic carbocycles. The number of aliphatic hydroxyl groups is 1. The number of aliphatic hydroxyl groups excluding tert-OH is 1. The zero-order valence-electron chi connectivity index (χ0n) is 16.7. The molecule has 0 aromatic heterocycles. The number of carbonyl (C=O) groups is 1. The number of amides is 1. The molecule has 4 rings (SSSR count). The lowest BCUT2D eigenvalue weighted by atomic mass is 10.0. The molecule has 30 heavy (non-hydrogen) atoms. The van der Waals surface area contributed by atoms with E-state index in [2.05, 4.69) is 5.32 Å². The Balaban J connectivity index is 1.48. The number of quaternary nitrogens is 1. The minimum Gasteiger partial charge on any atom is -0.627 e. The van der Waals surface area contributed by atoms with E-state index in [9.17, 15) is 15.1 Å². The maximum absolute atomic E-state index is 13.2. The van der Waals surface area contributed by atoms with E-state index in [1.807, 2.05) is 36.4 Å². The molecule has 0 saturated carbocycles. The van der Waals surface area contributed by atoms with Crippen molar-refractivity contribution in [3.63, 3.8) is 0 Å². The van der Waals surface area contributed by atoms with Gasteiger partial charge in [-0.1, -0.05) is 30.3 Å². The third-order valence-corrected chi connectivity index (χ3v) is 5.49. The van der Waals surface area contributed by atoms with Crippen molar-refractivity contribution >= 4 is 17.5 Å². The summed E-state index contributed by atoms with van der Waals surface area (Å²) in [6.45, 7) is 1.66. The molecule has 2 N–H and O–H groups in total. The summed E-state index contributed by atoms with van der Waals surface area (Å²) in [6, 6.07) is 14.7. The minimum atomic E-state index is -0.569. The minimum absolute atomic E-state index is 0.0505. The quantitative estimate of drug-likeness (QED) is 0.410. The number of nitrogens with zero attached hydrogens (tertiary/aromatic N) is 1. The zero-order chi connectivity index (χ0) is 21.0. The molecule has 0 spiro atoms. The van der Waals surface area contributed by atoms with Crippen LogP contribution in [0.4, 0.5) is 16.2 Å². The van der Waals surface area contributed by atoms with Crippen LogP contribution in [0.5, 0.6) is 0 Å². The van der Waals surface area contributed by atoms with E-state index in [4.69, 9.17) is 14.2 Å². The van der Waals surface area contributed by atoms with Gasteiger partial charge in [-0.2, -0.15) is 0 Å². The number of hydrogen-bond acceptors (Lipinski definition) is 6. The summed E-state index contributed by atoms with van der Waals surface area (Å²) in [5.41, 5.74) is 2.87. The number of hydroxylamine groups is 2. The first kappa shape index (κ1) is 20.8. The Kier molecular flexibility index (Phi) is 6.31. The van der Waals surface area contributed by atoms with E-state index < -0.39 is 10.7 Å². The van der Waals surface area contributed by atoms with Crippen LogP contribution in [0.2, 0.25) is 0 Å². The summed E-state index contributed by atoms with van der Waals surface area (Å²) >= 11 is 0. The molecule has 2 atom stereocenters. The second-order valence-corrected chi connectivity index (χ2v) is 7.58. The highest BCUT2D eigenvalue weighted by Crippen LogP contribution is 2.33. The molecule has 2 heterocycles. The van der Waals surface area contributed by atoms with E-state index in [0.29, 0.717) is 44.1 Å². The maximum Gasteiger partial charge on any atom is 0.411 e. The number of morpholine rings is 1. The molecular formula is C22H26N2O6. The summed E-state index contributed by atoms with van der Waals surface area (Å²) < 4.78 is 15.6. The monoisotopic (exact) mass is 414 g/mol. The first-order chi connectivity index (χ1) is 14.6. The van der Waals surface area contributed by atoms with E-state index in [0.717, 1.165) is 11.1 Å². The van der Waals surface area contributed by atoms with Gasteiger partial charge in [-0.05, 0) is 17.2 Å². The topological polar surface area (TPSA) is 103 Å². The molecule has 160 valence electrons.